The Morgan fingerprint density at radius 1 is 1.29 bits per heavy atom. The molecule has 0 radical (unpaired) electrons. The second-order valence-electron chi connectivity index (χ2n) is 6.19. The Kier molecular flexibility index (Phi) is 4.56. The number of nitrogens with one attached hydrogen (secondary N) is 1. The predicted octanol–water partition coefficient (Wildman–Crippen LogP) is 1.50. The third kappa shape index (κ3) is 3.44. The van der Waals surface area contributed by atoms with Crippen LogP contribution in [0, 0.1) is 0 Å². The Labute approximate surface area is 127 Å². The minimum Gasteiger partial charge on any atom is -0.340 e. The maximum Gasteiger partial charge on any atom is 0.253 e. The number of carbonyl (C=O) groups is 1. The maximum absolute atomic E-state index is 12.5. The molecule has 1 fully saturated rings. The maximum atomic E-state index is 12.5. The summed E-state index contributed by atoms with van der Waals surface area (Å²) in [6, 6.07) is 6.17. The van der Waals surface area contributed by atoms with Crippen molar-refractivity contribution in [1.29, 1.82) is 0 Å². The van der Waals surface area contributed by atoms with E-state index in [4.69, 9.17) is 0 Å². The lowest BCUT2D eigenvalue weighted by molar-refractivity contribution is 0.0782. The third-order valence-electron chi connectivity index (χ3n) is 4.64. The van der Waals surface area contributed by atoms with E-state index in [1.54, 1.807) is 0 Å². The highest BCUT2D eigenvalue weighted by Crippen LogP contribution is 2.17. The van der Waals surface area contributed by atoms with Gasteiger partial charge in [-0.1, -0.05) is 6.07 Å². The Morgan fingerprint density at radius 2 is 2.10 bits per heavy atom. The zero-order valence-electron chi connectivity index (χ0n) is 12.9. The van der Waals surface area contributed by atoms with E-state index in [-0.39, 0.29) is 5.91 Å². The number of carbonyl (C=O) groups excluding carboxylic acids is 1. The number of hydrogen-bond acceptors (Lipinski definition) is 3. The van der Waals surface area contributed by atoms with Crippen LogP contribution in [0.25, 0.3) is 0 Å². The fourth-order valence-corrected chi connectivity index (χ4v) is 3.23. The lowest BCUT2D eigenvalue weighted by Gasteiger charge is -2.23. The second-order valence-corrected chi connectivity index (χ2v) is 6.19. The summed E-state index contributed by atoms with van der Waals surface area (Å²) >= 11 is 0. The van der Waals surface area contributed by atoms with E-state index in [0.717, 1.165) is 38.2 Å². The molecule has 2 aliphatic heterocycles. The van der Waals surface area contributed by atoms with Crippen LogP contribution >= 0.6 is 0 Å². The molecule has 0 spiro atoms. The molecule has 1 saturated heterocycles. The van der Waals surface area contributed by atoms with Crippen molar-refractivity contribution in [1.82, 2.24) is 15.1 Å². The van der Waals surface area contributed by atoms with Crippen molar-refractivity contribution in [3.05, 3.63) is 34.9 Å². The SMILES string of the molecule is CN(CCN1CCCC1)C(=O)c1ccc2c(c1)CNCC2. The number of amides is 1. The van der Waals surface area contributed by atoms with Crippen LogP contribution in [0.5, 0.6) is 0 Å². The third-order valence-corrected chi connectivity index (χ3v) is 4.64. The van der Waals surface area contributed by atoms with E-state index in [1.165, 1.54) is 37.1 Å². The standard InChI is InChI=1S/C17H25N3O/c1-19(10-11-20-8-2-3-9-20)17(21)15-5-4-14-6-7-18-13-16(14)12-15/h4-5,12,18H,2-3,6-11,13H2,1H3. The summed E-state index contributed by atoms with van der Waals surface area (Å²) < 4.78 is 0. The first-order valence-corrected chi connectivity index (χ1v) is 8.04. The van der Waals surface area contributed by atoms with Crippen molar-refractivity contribution < 1.29 is 4.79 Å². The van der Waals surface area contributed by atoms with E-state index >= 15 is 0 Å². The molecule has 2 heterocycles. The first-order valence-electron chi connectivity index (χ1n) is 8.04. The van der Waals surface area contributed by atoms with Gasteiger partial charge in [-0.15, -0.1) is 0 Å². The molecule has 0 bridgehead atoms. The van der Waals surface area contributed by atoms with Crippen LogP contribution in [0.15, 0.2) is 18.2 Å². The summed E-state index contributed by atoms with van der Waals surface area (Å²) in [6.07, 6.45) is 3.67. The summed E-state index contributed by atoms with van der Waals surface area (Å²) in [5, 5.41) is 3.37. The van der Waals surface area contributed by atoms with E-state index in [1.807, 2.05) is 18.0 Å². The van der Waals surface area contributed by atoms with Gasteiger partial charge in [0.25, 0.3) is 5.91 Å². The summed E-state index contributed by atoms with van der Waals surface area (Å²) in [7, 11) is 1.91. The first kappa shape index (κ1) is 14.5. The summed E-state index contributed by atoms with van der Waals surface area (Å²) in [5.74, 6) is 0.141. The second kappa shape index (κ2) is 6.58. The molecular formula is C17H25N3O. The number of benzene rings is 1. The highest BCUT2D eigenvalue weighted by Gasteiger charge is 2.17. The minimum atomic E-state index is 0.141. The van der Waals surface area contributed by atoms with E-state index in [2.05, 4.69) is 22.3 Å². The van der Waals surface area contributed by atoms with E-state index < -0.39 is 0 Å². The van der Waals surface area contributed by atoms with Crippen molar-refractivity contribution in [3.63, 3.8) is 0 Å². The van der Waals surface area contributed by atoms with Crippen molar-refractivity contribution >= 4 is 5.91 Å². The van der Waals surface area contributed by atoms with E-state index in [9.17, 15) is 4.79 Å². The van der Waals surface area contributed by atoms with Crippen molar-refractivity contribution in [2.24, 2.45) is 0 Å². The molecule has 0 aromatic heterocycles. The number of likely N-dealkylation sites (tertiary alicyclic amines) is 1. The van der Waals surface area contributed by atoms with Gasteiger partial charge in [-0.3, -0.25) is 4.79 Å². The smallest absolute Gasteiger partial charge is 0.253 e. The van der Waals surface area contributed by atoms with Crippen LogP contribution in [0.1, 0.15) is 34.3 Å². The van der Waals surface area contributed by atoms with E-state index in [0.29, 0.717) is 0 Å². The topological polar surface area (TPSA) is 35.6 Å². The van der Waals surface area contributed by atoms with Crippen LogP contribution in [0.2, 0.25) is 0 Å². The Balaban J connectivity index is 1.60. The average molecular weight is 287 g/mol. The molecule has 114 valence electrons. The molecule has 0 unspecified atom stereocenters. The number of hydrogen-bond donors (Lipinski definition) is 1. The average Bonchev–Trinajstić information content (AvgIpc) is 3.05. The summed E-state index contributed by atoms with van der Waals surface area (Å²) in [6.45, 7) is 6.10. The molecule has 3 rings (SSSR count). The zero-order valence-corrected chi connectivity index (χ0v) is 12.9. The molecule has 0 atom stereocenters. The lowest BCUT2D eigenvalue weighted by atomic mass is 9.98. The van der Waals surface area contributed by atoms with Gasteiger partial charge in [-0.05, 0) is 62.2 Å². The van der Waals surface area contributed by atoms with Crippen LogP contribution in [-0.4, -0.2) is 55.5 Å². The normalized spacial score (nSPS) is 18.5. The predicted molar refractivity (Wildman–Crippen MR) is 84.5 cm³/mol. The van der Waals surface area contributed by atoms with Crippen LogP contribution in [-0.2, 0) is 13.0 Å². The molecule has 0 aliphatic carbocycles. The number of likely N-dealkylation sites (N-methyl/N-ethyl adjacent to an activating group) is 1. The summed E-state index contributed by atoms with van der Waals surface area (Å²) in [4.78, 5) is 16.8. The fraction of sp³-hybridized carbons (Fsp3) is 0.588. The summed E-state index contributed by atoms with van der Waals surface area (Å²) in [5.41, 5.74) is 3.48. The van der Waals surface area contributed by atoms with Crippen LogP contribution in [0.3, 0.4) is 0 Å². The van der Waals surface area contributed by atoms with Crippen LogP contribution in [0.4, 0.5) is 0 Å². The number of fused-ring (bicyclic) bond motifs is 1. The van der Waals surface area contributed by atoms with Gasteiger partial charge in [0, 0.05) is 32.2 Å². The Bertz CT molecular complexity index is 509. The number of nitrogens with zero attached hydrogens (tertiary/aromatic N) is 2. The molecule has 4 nitrogen and oxygen atoms in total. The largest absolute Gasteiger partial charge is 0.340 e. The highest BCUT2D eigenvalue weighted by atomic mass is 16.2. The van der Waals surface area contributed by atoms with Gasteiger partial charge in [0.05, 0.1) is 0 Å². The fourth-order valence-electron chi connectivity index (χ4n) is 3.23. The van der Waals surface area contributed by atoms with Crippen molar-refractivity contribution in [2.75, 3.05) is 39.8 Å². The quantitative estimate of drug-likeness (QED) is 0.911. The molecular weight excluding hydrogens is 262 g/mol. The zero-order chi connectivity index (χ0) is 14.7. The van der Waals surface area contributed by atoms with Gasteiger partial charge in [0.1, 0.15) is 0 Å². The van der Waals surface area contributed by atoms with Gasteiger partial charge < -0.3 is 15.1 Å². The van der Waals surface area contributed by atoms with Gasteiger partial charge in [0.2, 0.25) is 0 Å². The van der Waals surface area contributed by atoms with Crippen molar-refractivity contribution in [3.8, 4) is 0 Å². The Hall–Kier alpha value is -1.39. The molecule has 2 aliphatic rings. The number of rotatable bonds is 4. The molecule has 1 N–H and O–H groups in total. The van der Waals surface area contributed by atoms with Gasteiger partial charge in [0.15, 0.2) is 0 Å². The first-order chi connectivity index (χ1) is 10.2. The van der Waals surface area contributed by atoms with Gasteiger partial charge in [-0.25, -0.2) is 0 Å². The Morgan fingerprint density at radius 3 is 2.90 bits per heavy atom. The van der Waals surface area contributed by atoms with Gasteiger partial charge >= 0.3 is 0 Å². The molecule has 1 aromatic carbocycles. The highest BCUT2D eigenvalue weighted by molar-refractivity contribution is 5.94. The monoisotopic (exact) mass is 287 g/mol. The van der Waals surface area contributed by atoms with Gasteiger partial charge in [-0.2, -0.15) is 0 Å². The molecule has 1 aromatic rings. The van der Waals surface area contributed by atoms with Crippen molar-refractivity contribution in [2.45, 2.75) is 25.8 Å². The molecule has 1 amide bonds. The van der Waals surface area contributed by atoms with Crippen LogP contribution < -0.4 is 5.32 Å². The molecule has 0 saturated carbocycles. The minimum absolute atomic E-state index is 0.141. The molecule has 21 heavy (non-hydrogen) atoms. The lowest BCUT2D eigenvalue weighted by Crippen LogP contribution is -2.35. The molecule has 4 heteroatoms.